The molecule has 0 bridgehead atoms. The Bertz CT molecular complexity index is 125. The normalized spacial score (nSPS) is 39.6. The molecule has 1 aliphatic heterocycles. The fourth-order valence-corrected chi connectivity index (χ4v) is 2.04. The van der Waals surface area contributed by atoms with Gasteiger partial charge < -0.3 is 9.29 Å². The van der Waals surface area contributed by atoms with Gasteiger partial charge in [-0.1, -0.05) is 6.92 Å². The van der Waals surface area contributed by atoms with Gasteiger partial charge in [0.25, 0.3) is 0 Å². The van der Waals surface area contributed by atoms with Gasteiger partial charge in [-0.25, -0.2) is 0 Å². The highest BCUT2D eigenvalue weighted by molar-refractivity contribution is 7.96. The summed E-state index contributed by atoms with van der Waals surface area (Å²) >= 11 is 1.38. The minimum atomic E-state index is -0.244. The first kappa shape index (κ1) is 8.37. The molecule has 0 amide bonds. The molecule has 0 saturated carbocycles. The van der Waals surface area contributed by atoms with Crippen molar-refractivity contribution in [2.24, 2.45) is 5.92 Å². The Hall–Kier alpha value is 0.270. The van der Waals surface area contributed by atoms with Crippen LogP contribution in [0.1, 0.15) is 20.8 Å². The smallest absolute Gasteiger partial charge is 0.0751 e. The third kappa shape index (κ3) is 1.47. The fraction of sp³-hybridized carbons (Fsp3) is 1.00. The number of hydrogen-bond donors (Lipinski definition) is 1. The molecule has 1 rings (SSSR count). The van der Waals surface area contributed by atoms with Crippen molar-refractivity contribution < 1.29 is 9.29 Å². The lowest BCUT2D eigenvalue weighted by Crippen LogP contribution is -2.43. The van der Waals surface area contributed by atoms with E-state index in [1.807, 2.05) is 20.8 Å². The molecule has 0 unspecified atom stereocenters. The molecule has 0 aliphatic carbocycles. The Morgan fingerprint density at radius 2 is 2.20 bits per heavy atom. The van der Waals surface area contributed by atoms with Crippen LogP contribution < -0.4 is 0 Å². The zero-order valence-electron chi connectivity index (χ0n) is 6.63. The molecule has 1 saturated heterocycles. The summed E-state index contributed by atoms with van der Waals surface area (Å²) in [5.41, 5.74) is 0. The maximum absolute atomic E-state index is 9.60. The van der Waals surface area contributed by atoms with E-state index in [9.17, 15) is 5.11 Å². The molecular formula is C7H14O2S. The zero-order valence-corrected chi connectivity index (χ0v) is 7.44. The minimum absolute atomic E-state index is 0.141. The summed E-state index contributed by atoms with van der Waals surface area (Å²) in [6.45, 7) is 6.66. The Morgan fingerprint density at radius 1 is 1.60 bits per heavy atom. The number of hydrogen-bond acceptors (Lipinski definition) is 3. The predicted octanol–water partition coefficient (Wildman–Crippen LogP) is 1.44. The maximum atomic E-state index is 9.60. The lowest BCUT2D eigenvalue weighted by Gasteiger charge is -2.37. The second kappa shape index (κ2) is 2.72. The first-order valence-corrected chi connectivity index (χ1v) is 4.27. The topological polar surface area (TPSA) is 29.5 Å². The van der Waals surface area contributed by atoms with Gasteiger partial charge in [0.2, 0.25) is 0 Å². The van der Waals surface area contributed by atoms with E-state index in [2.05, 4.69) is 0 Å². The van der Waals surface area contributed by atoms with Crippen LogP contribution in [-0.2, 0) is 4.18 Å². The molecule has 0 aromatic carbocycles. The molecule has 0 aromatic rings. The zero-order chi connectivity index (χ0) is 7.78. The number of aliphatic hydroxyl groups excluding tert-OH is 1. The van der Waals surface area contributed by atoms with Crippen LogP contribution in [0.3, 0.4) is 0 Å². The van der Waals surface area contributed by atoms with Crippen LogP contribution in [0.4, 0.5) is 0 Å². The fourth-order valence-electron chi connectivity index (χ4n) is 1.12. The molecule has 1 heterocycles. The molecule has 3 heteroatoms. The van der Waals surface area contributed by atoms with Crippen molar-refractivity contribution in [3.05, 3.63) is 0 Å². The van der Waals surface area contributed by atoms with Crippen LogP contribution in [0, 0.1) is 5.92 Å². The van der Waals surface area contributed by atoms with Gasteiger partial charge in [0.1, 0.15) is 0 Å². The van der Waals surface area contributed by atoms with E-state index in [4.69, 9.17) is 4.18 Å². The van der Waals surface area contributed by atoms with E-state index in [1.54, 1.807) is 0 Å². The summed E-state index contributed by atoms with van der Waals surface area (Å²) in [5, 5.41) is 9.60. The molecule has 1 N–H and O–H groups in total. The summed E-state index contributed by atoms with van der Waals surface area (Å²) in [5.74, 6) is 0.260. The summed E-state index contributed by atoms with van der Waals surface area (Å²) in [6.07, 6.45) is -0.244. The highest BCUT2D eigenvalue weighted by Gasteiger charge is 2.37. The first-order valence-electron chi connectivity index (χ1n) is 3.53. The maximum Gasteiger partial charge on any atom is 0.0751 e. The van der Waals surface area contributed by atoms with Crippen LogP contribution in [0.5, 0.6) is 0 Å². The Morgan fingerprint density at radius 3 is 2.60 bits per heavy atom. The number of rotatable bonds is 0. The molecule has 0 radical (unpaired) electrons. The van der Waals surface area contributed by atoms with Crippen LogP contribution in [0.2, 0.25) is 0 Å². The van der Waals surface area contributed by atoms with Crippen LogP contribution in [0.25, 0.3) is 0 Å². The Kier molecular flexibility index (Phi) is 2.28. The van der Waals surface area contributed by atoms with Gasteiger partial charge in [-0.15, -0.1) is 0 Å². The van der Waals surface area contributed by atoms with Gasteiger partial charge in [0.05, 0.1) is 17.5 Å². The summed E-state index contributed by atoms with van der Waals surface area (Å²) in [4.78, 5) is 0. The third-order valence-electron chi connectivity index (χ3n) is 1.86. The lowest BCUT2D eigenvalue weighted by molar-refractivity contribution is 0.0453. The largest absolute Gasteiger partial charge is 0.391 e. The van der Waals surface area contributed by atoms with Crippen molar-refractivity contribution >= 4 is 12.0 Å². The van der Waals surface area contributed by atoms with Gasteiger partial charge in [0, 0.05) is 5.92 Å². The van der Waals surface area contributed by atoms with Crippen molar-refractivity contribution in [2.45, 2.75) is 31.6 Å². The van der Waals surface area contributed by atoms with Crippen LogP contribution in [-0.4, -0.2) is 22.6 Å². The second-order valence-corrected chi connectivity index (χ2v) is 4.85. The molecule has 1 fully saturated rings. The van der Waals surface area contributed by atoms with E-state index in [1.165, 1.54) is 12.0 Å². The van der Waals surface area contributed by atoms with Crippen molar-refractivity contribution in [1.82, 2.24) is 0 Å². The second-order valence-electron chi connectivity index (χ2n) is 3.39. The summed E-state index contributed by atoms with van der Waals surface area (Å²) in [6, 6.07) is 0. The van der Waals surface area contributed by atoms with Gasteiger partial charge in [-0.2, -0.15) is 0 Å². The molecular weight excluding hydrogens is 148 g/mol. The van der Waals surface area contributed by atoms with Crippen molar-refractivity contribution in [2.75, 3.05) is 6.61 Å². The van der Waals surface area contributed by atoms with E-state index in [-0.39, 0.29) is 16.8 Å². The Balaban J connectivity index is 2.60. The molecule has 0 aromatic heterocycles. The molecule has 0 spiro atoms. The summed E-state index contributed by atoms with van der Waals surface area (Å²) < 4.78 is 5.08. The van der Waals surface area contributed by atoms with Gasteiger partial charge in [0.15, 0.2) is 0 Å². The highest BCUT2D eigenvalue weighted by Crippen LogP contribution is 2.37. The molecule has 1 aliphatic rings. The Labute approximate surface area is 66.2 Å². The monoisotopic (exact) mass is 162 g/mol. The molecule has 10 heavy (non-hydrogen) atoms. The number of aliphatic hydroxyl groups is 1. The van der Waals surface area contributed by atoms with E-state index in [0.29, 0.717) is 6.61 Å². The average molecular weight is 162 g/mol. The highest BCUT2D eigenvalue weighted by atomic mass is 32.2. The first-order chi connectivity index (χ1) is 4.54. The van der Waals surface area contributed by atoms with E-state index >= 15 is 0 Å². The lowest BCUT2D eigenvalue weighted by atomic mass is 9.95. The molecule has 2 atom stereocenters. The molecule has 60 valence electrons. The van der Waals surface area contributed by atoms with Crippen LogP contribution >= 0.6 is 12.0 Å². The quantitative estimate of drug-likeness (QED) is 0.546. The standard InChI is InChI=1S/C7H14O2S/c1-5-4-9-10-7(2,3)6(5)8/h5-6,8H,4H2,1-3H3/t5-,6-/m1/s1. The van der Waals surface area contributed by atoms with Crippen molar-refractivity contribution in [1.29, 1.82) is 0 Å². The minimum Gasteiger partial charge on any atom is -0.391 e. The van der Waals surface area contributed by atoms with Gasteiger partial charge >= 0.3 is 0 Å². The van der Waals surface area contributed by atoms with Crippen molar-refractivity contribution in [3.63, 3.8) is 0 Å². The van der Waals surface area contributed by atoms with Crippen LogP contribution in [0.15, 0.2) is 0 Å². The summed E-state index contributed by atoms with van der Waals surface area (Å²) in [7, 11) is 0. The SMILES string of the molecule is C[C@@H]1COSC(C)(C)[C@@H]1O. The van der Waals surface area contributed by atoms with Gasteiger partial charge in [-0.05, 0) is 25.9 Å². The van der Waals surface area contributed by atoms with E-state index in [0.717, 1.165) is 0 Å². The third-order valence-corrected chi connectivity index (χ3v) is 2.78. The predicted molar refractivity (Wildman–Crippen MR) is 42.8 cm³/mol. The molecule has 2 nitrogen and oxygen atoms in total. The van der Waals surface area contributed by atoms with E-state index < -0.39 is 0 Å². The average Bonchev–Trinajstić information content (AvgIpc) is 1.83. The van der Waals surface area contributed by atoms with Gasteiger partial charge in [-0.3, -0.25) is 0 Å². The van der Waals surface area contributed by atoms with Crippen molar-refractivity contribution in [3.8, 4) is 0 Å².